The molecule has 0 radical (unpaired) electrons. The zero-order valence-corrected chi connectivity index (χ0v) is 29.3. The minimum atomic E-state index is -0.300. The molecule has 1 N–H and O–H groups in total. The first-order chi connectivity index (χ1) is 23.3. The molecule has 2 fully saturated rings. The number of carbonyl (C=O) groups is 1. The lowest BCUT2D eigenvalue weighted by atomic mass is 9.76. The van der Waals surface area contributed by atoms with E-state index in [1.54, 1.807) is 33.5 Å². The summed E-state index contributed by atoms with van der Waals surface area (Å²) in [5, 5.41) is 10.8. The van der Waals surface area contributed by atoms with Gasteiger partial charge in [-0.2, -0.15) is 0 Å². The Bertz CT molecular complexity index is 1740. The van der Waals surface area contributed by atoms with Crippen molar-refractivity contribution in [3.63, 3.8) is 0 Å². The number of ether oxygens (including phenoxy) is 3. The van der Waals surface area contributed by atoms with Crippen LogP contribution in [0.15, 0.2) is 54.6 Å². The third-order valence-electron chi connectivity index (χ3n) is 9.82. The number of halogens is 2. The van der Waals surface area contributed by atoms with E-state index in [1.165, 1.54) is 0 Å². The summed E-state index contributed by atoms with van der Waals surface area (Å²) in [5.41, 5.74) is 3.25. The number of amides is 1. The summed E-state index contributed by atoms with van der Waals surface area (Å²) in [5.74, 6) is 2.16. The number of carbonyl (C=O) groups excluding carboxylic acids is 1. The van der Waals surface area contributed by atoms with Gasteiger partial charge in [0.25, 0.3) is 5.91 Å². The third kappa shape index (κ3) is 6.76. The van der Waals surface area contributed by atoms with E-state index in [0.717, 1.165) is 74.5 Å². The van der Waals surface area contributed by atoms with Crippen molar-refractivity contribution in [3.05, 3.63) is 75.8 Å². The van der Waals surface area contributed by atoms with E-state index in [9.17, 15) is 9.90 Å². The lowest BCUT2D eigenvalue weighted by Gasteiger charge is -2.33. The van der Waals surface area contributed by atoms with Crippen LogP contribution in [0.3, 0.4) is 0 Å². The maximum Gasteiger partial charge on any atom is 0.254 e. The van der Waals surface area contributed by atoms with Gasteiger partial charge in [0, 0.05) is 50.2 Å². The number of methoxy groups -OCH3 is 3. The molecule has 2 aliphatic rings. The summed E-state index contributed by atoms with van der Waals surface area (Å²) in [7, 11) is 4.64. The van der Waals surface area contributed by atoms with E-state index < -0.39 is 0 Å². The zero-order valence-electron chi connectivity index (χ0n) is 27.8. The molecule has 12 heteroatoms. The molecule has 0 saturated carbocycles. The number of para-hydroxylation sites is 2. The predicted molar refractivity (Wildman–Crippen MR) is 189 cm³/mol. The van der Waals surface area contributed by atoms with Gasteiger partial charge in [0.15, 0.2) is 11.5 Å². The van der Waals surface area contributed by atoms with Gasteiger partial charge in [0.05, 0.1) is 49.0 Å². The molecule has 0 bridgehead atoms. The number of rotatable bonds is 11. The molecule has 1 amide bonds. The van der Waals surface area contributed by atoms with Crippen molar-refractivity contribution in [1.29, 1.82) is 0 Å². The maximum absolute atomic E-state index is 14.0. The summed E-state index contributed by atoms with van der Waals surface area (Å²) >= 11 is 12.9. The smallest absolute Gasteiger partial charge is 0.254 e. The number of imidazole rings is 1. The first-order valence-electron chi connectivity index (χ1n) is 16.4. The third-order valence-corrected chi connectivity index (χ3v) is 10.6. The van der Waals surface area contributed by atoms with Crippen LogP contribution in [-0.4, -0.2) is 104 Å². The Hall–Kier alpha value is -3.70. The maximum atomic E-state index is 14.0. The van der Waals surface area contributed by atoms with Gasteiger partial charge in [-0.1, -0.05) is 41.4 Å². The van der Waals surface area contributed by atoms with Crippen molar-refractivity contribution in [2.75, 3.05) is 78.6 Å². The molecular weight excluding hydrogens is 653 g/mol. The number of nitrogens with zero attached hydrogens (tertiary/aromatic N) is 5. The van der Waals surface area contributed by atoms with Crippen LogP contribution in [0.5, 0.6) is 17.2 Å². The van der Waals surface area contributed by atoms with Gasteiger partial charge < -0.3 is 38.6 Å². The molecule has 0 aliphatic carbocycles. The Balaban J connectivity index is 1.20. The van der Waals surface area contributed by atoms with E-state index in [0.29, 0.717) is 52.5 Å². The molecule has 10 nitrogen and oxygen atoms in total. The molecule has 3 aromatic carbocycles. The number of aliphatic hydroxyl groups excluding tert-OH is 1. The van der Waals surface area contributed by atoms with Crippen LogP contribution < -0.4 is 19.1 Å². The van der Waals surface area contributed by atoms with Crippen molar-refractivity contribution in [2.24, 2.45) is 0 Å². The van der Waals surface area contributed by atoms with Crippen molar-refractivity contribution < 1.29 is 24.1 Å². The molecule has 4 aromatic rings. The Morgan fingerprint density at radius 1 is 0.896 bits per heavy atom. The lowest BCUT2D eigenvalue weighted by Crippen LogP contribution is -2.39. The standard InChI is InChI=1S/C36H43Cl2N5O5/c1-46-31-21-25(22-32(47-2)33(31)48-3)34(45)42-16-12-36(24-42,26-9-10-27(37)28(38)23-26)11-15-40-13-6-14-41(18-17-40)35-39-29-7-4-5-8-30(29)43(35)19-20-44/h4-5,7-10,21-23,44H,6,11-20,24H2,1-3H3. The van der Waals surface area contributed by atoms with Crippen molar-refractivity contribution >= 4 is 46.1 Å². The highest BCUT2D eigenvalue weighted by molar-refractivity contribution is 6.42. The molecule has 256 valence electrons. The van der Waals surface area contributed by atoms with Crippen molar-refractivity contribution in [2.45, 2.75) is 31.2 Å². The molecular formula is C36H43Cl2N5O5. The monoisotopic (exact) mass is 695 g/mol. The van der Waals surface area contributed by atoms with Crippen LogP contribution in [0.1, 0.15) is 35.2 Å². The van der Waals surface area contributed by atoms with Crippen LogP contribution in [-0.2, 0) is 12.0 Å². The average Bonchev–Trinajstić information content (AvgIpc) is 3.62. The van der Waals surface area contributed by atoms with Gasteiger partial charge in [-0.05, 0) is 74.3 Å². The average molecular weight is 697 g/mol. The topological polar surface area (TPSA) is 92.5 Å². The fourth-order valence-corrected chi connectivity index (χ4v) is 7.53. The molecule has 1 unspecified atom stereocenters. The molecule has 1 atom stereocenters. The van der Waals surface area contributed by atoms with E-state index in [2.05, 4.69) is 26.5 Å². The van der Waals surface area contributed by atoms with Gasteiger partial charge in [0.2, 0.25) is 11.7 Å². The Labute approximate surface area is 291 Å². The summed E-state index contributed by atoms with van der Waals surface area (Å²) in [4.78, 5) is 25.7. The SMILES string of the molecule is COc1cc(C(=O)N2CCC(CCN3CCCN(c4nc5ccccc5n4CCO)CC3)(c3ccc(Cl)c(Cl)c3)C2)cc(OC)c1OC. The van der Waals surface area contributed by atoms with Crippen LogP contribution in [0.25, 0.3) is 11.0 Å². The number of aliphatic hydroxyl groups is 1. The van der Waals surface area contributed by atoms with Crippen LogP contribution in [0.4, 0.5) is 5.95 Å². The zero-order chi connectivity index (χ0) is 33.8. The van der Waals surface area contributed by atoms with Crippen molar-refractivity contribution in [1.82, 2.24) is 19.4 Å². The largest absolute Gasteiger partial charge is 0.493 e. The van der Waals surface area contributed by atoms with Gasteiger partial charge in [-0.15, -0.1) is 0 Å². The minimum Gasteiger partial charge on any atom is -0.493 e. The van der Waals surface area contributed by atoms with Crippen LogP contribution in [0.2, 0.25) is 10.0 Å². The number of hydrogen-bond acceptors (Lipinski definition) is 8. The number of hydrogen-bond donors (Lipinski definition) is 1. The second-order valence-corrected chi connectivity index (χ2v) is 13.3. The first kappa shape index (κ1) is 34.2. The summed E-state index contributed by atoms with van der Waals surface area (Å²) in [6.45, 7) is 6.15. The van der Waals surface area contributed by atoms with E-state index >= 15 is 0 Å². The minimum absolute atomic E-state index is 0.0587. The summed E-state index contributed by atoms with van der Waals surface area (Å²) in [6.07, 6.45) is 2.65. The lowest BCUT2D eigenvalue weighted by molar-refractivity contribution is 0.0780. The highest BCUT2D eigenvalue weighted by Gasteiger charge is 2.42. The molecule has 48 heavy (non-hydrogen) atoms. The molecule has 0 spiro atoms. The molecule has 2 saturated heterocycles. The van der Waals surface area contributed by atoms with Crippen LogP contribution in [0, 0.1) is 0 Å². The quantitative estimate of drug-likeness (QED) is 0.212. The molecule has 2 aliphatic heterocycles. The fourth-order valence-electron chi connectivity index (χ4n) is 7.23. The summed E-state index contributed by atoms with van der Waals surface area (Å²) in [6, 6.07) is 17.4. The van der Waals surface area contributed by atoms with E-state index in [1.807, 2.05) is 35.2 Å². The Morgan fingerprint density at radius 2 is 1.67 bits per heavy atom. The van der Waals surface area contributed by atoms with Gasteiger partial charge in [0.1, 0.15) is 0 Å². The number of fused-ring (bicyclic) bond motifs is 1. The molecule has 3 heterocycles. The number of anilines is 1. The summed E-state index contributed by atoms with van der Waals surface area (Å²) < 4.78 is 18.6. The highest BCUT2D eigenvalue weighted by atomic mass is 35.5. The normalized spacial score (nSPS) is 18.7. The highest BCUT2D eigenvalue weighted by Crippen LogP contribution is 2.42. The number of aromatic nitrogens is 2. The van der Waals surface area contributed by atoms with Crippen molar-refractivity contribution in [3.8, 4) is 17.2 Å². The van der Waals surface area contributed by atoms with Crippen LogP contribution >= 0.6 is 23.2 Å². The first-order valence-corrected chi connectivity index (χ1v) is 17.1. The van der Waals surface area contributed by atoms with Gasteiger partial charge >= 0.3 is 0 Å². The molecule has 1 aromatic heterocycles. The second-order valence-electron chi connectivity index (χ2n) is 12.5. The predicted octanol–water partition coefficient (Wildman–Crippen LogP) is 5.75. The molecule has 6 rings (SSSR count). The van der Waals surface area contributed by atoms with Gasteiger partial charge in [-0.25, -0.2) is 4.98 Å². The Kier molecular flexibility index (Phi) is 10.6. The van der Waals surface area contributed by atoms with Gasteiger partial charge in [-0.3, -0.25) is 4.79 Å². The fraction of sp³-hybridized carbons (Fsp3) is 0.444. The second kappa shape index (κ2) is 14.8. The Morgan fingerprint density at radius 3 is 2.38 bits per heavy atom. The number of benzene rings is 3. The van der Waals surface area contributed by atoms with E-state index in [-0.39, 0.29) is 17.9 Å². The van der Waals surface area contributed by atoms with E-state index in [4.69, 9.17) is 42.4 Å². The number of likely N-dealkylation sites (tertiary alicyclic amines) is 1.